The van der Waals surface area contributed by atoms with Crippen LogP contribution in [0.15, 0.2) is 67.3 Å². The second kappa shape index (κ2) is 8.98. The quantitative estimate of drug-likeness (QED) is 0.427. The number of aryl methyl sites for hydroxylation is 1. The van der Waals surface area contributed by atoms with Gasteiger partial charge in [0.05, 0.1) is 12.8 Å². The molecule has 2 aromatic carbocycles. The fourth-order valence-electron chi connectivity index (χ4n) is 3.63. The molecule has 1 saturated carbocycles. The average molecular weight is 413 g/mol. The van der Waals surface area contributed by atoms with Crippen molar-refractivity contribution in [1.29, 1.82) is 0 Å². The van der Waals surface area contributed by atoms with E-state index in [1.165, 1.54) is 0 Å². The normalized spacial score (nSPS) is 22.3. The molecule has 6 heteroatoms. The maximum Gasteiger partial charge on any atom is 0.408 e. The van der Waals surface area contributed by atoms with Gasteiger partial charge in [-0.1, -0.05) is 60.7 Å². The Morgan fingerprint density at radius 3 is 2.55 bits per heavy atom. The third-order valence-electron chi connectivity index (χ3n) is 5.39. The molecule has 154 valence electrons. The fraction of sp³-hybridized carbons (Fsp3) is 0.348. The summed E-state index contributed by atoms with van der Waals surface area (Å²) in [6.07, 6.45) is 1.93. The molecule has 0 saturated heterocycles. The van der Waals surface area contributed by atoms with Crippen LogP contribution in [0.4, 0.5) is 4.79 Å². The third-order valence-corrected chi connectivity index (χ3v) is 8.66. The molecule has 3 rings (SSSR count). The van der Waals surface area contributed by atoms with E-state index in [-0.39, 0.29) is 18.7 Å². The number of amides is 1. The predicted octanol–water partition coefficient (Wildman–Crippen LogP) is 5.64. The van der Waals surface area contributed by atoms with Gasteiger partial charge in [0, 0.05) is 5.92 Å². The van der Waals surface area contributed by atoms with E-state index in [1.807, 2.05) is 68.4 Å². The van der Waals surface area contributed by atoms with Crippen LogP contribution in [-0.4, -0.2) is 18.0 Å². The number of rotatable bonds is 9. The molecule has 29 heavy (non-hydrogen) atoms. The molecule has 0 aromatic heterocycles. The van der Waals surface area contributed by atoms with Gasteiger partial charge < -0.3 is 14.6 Å². The number of carbonyl (C=O) groups excluding carboxylic acids is 1. The van der Waals surface area contributed by atoms with Gasteiger partial charge in [0.2, 0.25) is 7.37 Å². The minimum atomic E-state index is -3.27. The van der Waals surface area contributed by atoms with Crippen LogP contribution in [0.2, 0.25) is 0 Å². The Morgan fingerprint density at radius 2 is 1.93 bits per heavy atom. The Kier molecular flexibility index (Phi) is 6.61. The number of ether oxygens (including phenoxy) is 1. The summed E-state index contributed by atoms with van der Waals surface area (Å²) in [6, 6.07) is 17.3. The molecular weight excluding hydrogens is 385 g/mol. The summed E-state index contributed by atoms with van der Waals surface area (Å²) in [7, 11) is -3.27. The molecule has 1 aliphatic rings. The SMILES string of the molecule is C=CC1CC1(NC(=O)OCc1ccccc1)P(=O)(Cc1ccccc1C)OCC. The maximum absolute atomic E-state index is 14.1. The molecule has 0 bridgehead atoms. The molecule has 0 spiro atoms. The monoisotopic (exact) mass is 413 g/mol. The Labute approximate surface area is 172 Å². The molecular formula is C23H28NO4P. The van der Waals surface area contributed by atoms with Crippen LogP contribution in [0.5, 0.6) is 0 Å². The van der Waals surface area contributed by atoms with Crippen LogP contribution in [0.1, 0.15) is 30.0 Å². The summed E-state index contributed by atoms with van der Waals surface area (Å²) < 4.78 is 25.3. The highest BCUT2D eigenvalue weighted by molar-refractivity contribution is 7.60. The van der Waals surface area contributed by atoms with Gasteiger partial charge in [-0.05, 0) is 37.0 Å². The van der Waals surface area contributed by atoms with Gasteiger partial charge in [0.15, 0.2) is 0 Å². The van der Waals surface area contributed by atoms with Crippen LogP contribution < -0.4 is 5.32 Å². The number of hydrogen-bond acceptors (Lipinski definition) is 4. The number of benzene rings is 2. The Morgan fingerprint density at radius 1 is 1.24 bits per heavy atom. The van der Waals surface area contributed by atoms with Crippen molar-refractivity contribution >= 4 is 13.5 Å². The molecule has 0 aliphatic heterocycles. The second-order valence-electron chi connectivity index (χ2n) is 7.33. The molecule has 1 N–H and O–H groups in total. The maximum atomic E-state index is 14.1. The molecule has 5 nitrogen and oxygen atoms in total. The molecule has 0 radical (unpaired) electrons. The van der Waals surface area contributed by atoms with Crippen molar-refractivity contribution in [3.63, 3.8) is 0 Å². The molecule has 3 unspecified atom stereocenters. The zero-order valence-corrected chi connectivity index (χ0v) is 17.9. The van der Waals surface area contributed by atoms with E-state index >= 15 is 0 Å². The summed E-state index contributed by atoms with van der Waals surface area (Å²) in [5.41, 5.74) is 2.89. The van der Waals surface area contributed by atoms with E-state index in [1.54, 1.807) is 6.08 Å². The highest BCUT2D eigenvalue weighted by atomic mass is 31.2. The van der Waals surface area contributed by atoms with Crippen molar-refractivity contribution in [2.45, 2.75) is 38.3 Å². The van der Waals surface area contributed by atoms with E-state index in [4.69, 9.17) is 9.26 Å². The van der Waals surface area contributed by atoms with Crippen LogP contribution in [0, 0.1) is 12.8 Å². The first-order valence-electron chi connectivity index (χ1n) is 9.83. The van der Waals surface area contributed by atoms with E-state index < -0.39 is 18.7 Å². The van der Waals surface area contributed by atoms with E-state index in [2.05, 4.69) is 11.9 Å². The minimum Gasteiger partial charge on any atom is -0.445 e. The molecule has 3 atom stereocenters. The first-order chi connectivity index (χ1) is 13.9. The molecule has 1 fully saturated rings. The lowest BCUT2D eigenvalue weighted by atomic mass is 10.1. The highest BCUT2D eigenvalue weighted by Gasteiger charge is 2.66. The smallest absolute Gasteiger partial charge is 0.408 e. The summed E-state index contributed by atoms with van der Waals surface area (Å²) >= 11 is 0. The topological polar surface area (TPSA) is 64.6 Å². The van der Waals surface area contributed by atoms with Gasteiger partial charge in [0.25, 0.3) is 0 Å². The zero-order chi connectivity index (χ0) is 20.9. The summed E-state index contributed by atoms with van der Waals surface area (Å²) in [5, 5.41) is 1.91. The molecule has 1 amide bonds. The number of alkyl carbamates (subject to hydrolysis) is 1. The Balaban J connectivity index is 1.79. The van der Waals surface area contributed by atoms with Crippen molar-refractivity contribution in [1.82, 2.24) is 5.32 Å². The van der Waals surface area contributed by atoms with E-state index in [0.717, 1.165) is 16.7 Å². The minimum absolute atomic E-state index is 0.117. The van der Waals surface area contributed by atoms with Crippen LogP contribution >= 0.6 is 7.37 Å². The standard InChI is InChI=1S/C23H28NO4P/c1-4-21-15-23(21,24-22(25)27-16-19-12-7-6-8-13-19)29(26,28-5-2)17-20-14-10-9-11-18(20)3/h4,6-14,21H,1,5,15-17H2,2-3H3,(H,24,25). The van der Waals surface area contributed by atoms with E-state index in [0.29, 0.717) is 13.0 Å². The number of nitrogens with one attached hydrogen (secondary N) is 1. The predicted molar refractivity (Wildman–Crippen MR) is 115 cm³/mol. The zero-order valence-electron chi connectivity index (χ0n) is 17.0. The lowest BCUT2D eigenvalue weighted by molar-refractivity contribution is 0.136. The largest absolute Gasteiger partial charge is 0.445 e. The van der Waals surface area contributed by atoms with Gasteiger partial charge in [-0.3, -0.25) is 4.57 Å². The van der Waals surface area contributed by atoms with Gasteiger partial charge >= 0.3 is 6.09 Å². The van der Waals surface area contributed by atoms with Gasteiger partial charge in [-0.15, -0.1) is 6.58 Å². The summed E-state index contributed by atoms with van der Waals surface area (Å²) in [6.45, 7) is 8.10. The fourth-order valence-corrected chi connectivity index (χ4v) is 6.80. The van der Waals surface area contributed by atoms with Gasteiger partial charge in [-0.2, -0.15) is 0 Å². The average Bonchev–Trinajstić information content (AvgIpc) is 3.44. The van der Waals surface area contributed by atoms with Crippen molar-refractivity contribution in [2.75, 3.05) is 6.61 Å². The third kappa shape index (κ3) is 4.63. The molecule has 0 heterocycles. The first kappa shape index (κ1) is 21.4. The lowest BCUT2D eigenvalue weighted by Crippen LogP contribution is -2.39. The molecule has 2 aromatic rings. The van der Waals surface area contributed by atoms with Crippen molar-refractivity contribution in [3.05, 3.63) is 83.9 Å². The Bertz CT molecular complexity index is 914. The van der Waals surface area contributed by atoms with Gasteiger partial charge in [0.1, 0.15) is 11.9 Å². The van der Waals surface area contributed by atoms with Crippen molar-refractivity contribution < 1.29 is 18.6 Å². The Hall–Kier alpha value is -2.36. The summed E-state index contributed by atoms with van der Waals surface area (Å²) in [4.78, 5) is 12.6. The number of carbonyl (C=O) groups is 1. The van der Waals surface area contributed by atoms with Crippen molar-refractivity contribution in [2.24, 2.45) is 5.92 Å². The van der Waals surface area contributed by atoms with Crippen molar-refractivity contribution in [3.8, 4) is 0 Å². The number of hydrogen-bond donors (Lipinski definition) is 1. The first-order valence-corrected chi connectivity index (χ1v) is 11.6. The summed E-state index contributed by atoms with van der Waals surface area (Å²) in [5.74, 6) is -0.117. The molecule has 1 aliphatic carbocycles. The highest BCUT2D eigenvalue weighted by Crippen LogP contribution is 2.73. The van der Waals surface area contributed by atoms with Crippen LogP contribution in [0.3, 0.4) is 0 Å². The van der Waals surface area contributed by atoms with Gasteiger partial charge in [-0.25, -0.2) is 4.79 Å². The van der Waals surface area contributed by atoms with Crippen LogP contribution in [-0.2, 0) is 26.6 Å². The second-order valence-corrected chi connectivity index (χ2v) is 10.1. The lowest BCUT2D eigenvalue weighted by Gasteiger charge is -2.29. The van der Waals surface area contributed by atoms with Crippen LogP contribution in [0.25, 0.3) is 0 Å². The van der Waals surface area contributed by atoms with E-state index in [9.17, 15) is 9.36 Å².